The number of rotatable bonds is 3. The largest absolute Gasteiger partial charge is 0.397 e. The van der Waals surface area contributed by atoms with Crippen LogP contribution in [0.2, 0.25) is 5.02 Å². The van der Waals surface area contributed by atoms with Crippen LogP contribution in [0.1, 0.15) is 16.7 Å². The summed E-state index contributed by atoms with van der Waals surface area (Å²) in [5, 5.41) is 0.341. The second-order valence-electron chi connectivity index (χ2n) is 5.03. The fourth-order valence-electron chi connectivity index (χ4n) is 2.08. The standard InChI is InChI=1S/C15H17ClN2O2S/c1-9-4-7-12(16)13(8-9)18-21(19,20)15-11(3)6-5-10(2)14(15)17/h4-8,18H,17H2,1-3H3. The Hall–Kier alpha value is -1.72. The molecule has 0 saturated heterocycles. The molecule has 2 aromatic rings. The van der Waals surface area contributed by atoms with Crippen molar-refractivity contribution < 1.29 is 8.42 Å². The molecule has 0 aromatic heterocycles. The van der Waals surface area contributed by atoms with Crippen LogP contribution in [0, 0.1) is 20.8 Å². The maximum Gasteiger partial charge on any atom is 0.264 e. The third-order valence-corrected chi connectivity index (χ3v) is 5.14. The van der Waals surface area contributed by atoms with Crippen LogP contribution in [0.15, 0.2) is 35.2 Å². The van der Waals surface area contributed by atoms with Gasteiger partial charge in [0.2, 0.25) is 0 Å². The van der Waals surface area contributed by atoms with Crippen molar-refractivity contribution in [3.63, 3.8) is 0 Å². The Bertz CT molecular complexity index is 802. The van der Waals surface area contributed by atoms with Crippen molar-refractivity contribution >= 4 is 33.0 Å². The van der Waals surface area contributed by atoms with E-state index in [2.05, 4.69) is 4.72 Å². The van der Waals surface area contributed by atoms with E-state index in [-0.39, 0.29) is 10.6 Å². The molecule has 2 rings (SSSR count). The summed E-state index contributed by atoms with van der Waals surface area (Å²) < 4.78 is 27.7. The fourth-order valence-corrected chi connectivity index (χ4v) is 3.80. The zero-order chi connectivity index (χ0) is 15.8. The van der Waals surface area contributed by atoms with Gasteiger partial charge in [0.05, 0.1) is 16.4 Å². The van der Waals surface area contributed by atoms with Crippen LogP contribution in [0.3, 0.4) is 0 Å². The lowest BCUT2D eigenvalue weighted by atomic mass is 10.1. The minimum absolute atomic E-state index is 0.0973. The lowest BCUT2D eigenvalue weighted by molar-refractivity contribution is 0.601. The van der Waals surface area contributed by atoms with Gasteiger partial charge >= 0.3 is 0 Å². The number of benzene rings is 2. The Morgan fingerprint density at radius 2 is 1.67 bits per heavy atom. The highest BCUT2D eigenvalue weighted by Crippen LogP contribution is 2.30. The normalized spacial score (nSPS) is 11.4. The summed E-state index contributed by atoms with van der Waals surface area (Å²) in [6.07, 6.45) is 0. The minimum atomic E-state index is -3.80. The van der Waals surface area contributed by atoms with E-state index in [1.165, 1.54) is 0 Å². The molecule has 21 heavy (non-hydrogen) atoms. The van der Waals surface area contributed by atoms with Crippen molar-refractivity contribution in [1.82, 2.24) is 0 Å². The van der Waals surface area contributed by atoms with Crippen molar-refractivity contribution in [1.29, 1.82) is 0 Å². The van der Waals surface area contributed by atoms with E-state index < -0.39 is 10.0 Å². The highest BCUT2D eigenvalue weighted by Gasteiger charge is 2.22. The molecule has 6 heteroatoms. The molecular weight excluding hydrogens is 308 g/mol. The third kappa shape index (κ3) is 3.14. The molecule has 0 atom stereocenters. The number of halogens is 1. The number of nitrogens with two attached hydrogens (primary N) is 1. The summed E-state index contributed by atoms with van der Waals surface area (Å²) in [4.78, 5) is 0.0973. The minimum Gasteiger partial charge on any atom is -0.397 e. The molecule has 0 aliphatic carbocycles. The molecule has 0 heterocycles. The molecule has 0 amide bonds. The molecule has 0 spiro atoms. The van der Waals surface area contributed by atoms with Gasteiger partial charge in [-0.05, 0) is 49.6 Å². The van der Waals surface area contributed by atoms with Crippen LogP contribution in [0.4, 0.5) is 11.4 Å². The van der Waals surface area contributed by atoms with Crippen molar-refractivity contribution in [2.45, 2.75) is 25.7 Å². The van der Waals surface area contributed by atoms with Crippen LogP contribution < -0.4 is 10.5 Å². The molecule has 0 radical (unpaired) electrons. The van der Waals surface area contributed by atoms with E-state index in [1.807, 2.05) is 13.0 Å². The first-order valence-electron chi connectivity index (χ1n) is 6.37. The van der Waals surface area contributed by atoms with Crippen LogP contribution >= 0.6 is 11.6 Å². The zero-order valence-corrected chi connectivity index (χ0v) is 13.6. The van der Waals surface area contributed by atoms with Gasteiger partial charge in [-0.1, -0.05) is 29.8 Å². The Balaban J connectivity index is 2.54. The van der Waals surface area contributed by atoms with E-state index in [4.69, 9.17) is 17.3 Å². The van der Waals surface area contributed by atoms with Gasteiger partial charge in [0.25, 0.3) is 10.0 Å². The number of hydrogen-bond acceptors (Lipinski definition) is 3. The van der Waals surface area contributed by atoms with Gasteiger partial charge in [-0.2, -0.15) is 0 Å². The molecule has 0 aliphatic heterocycles. The van der Waals surface area contributed by atoms with Gasteiger partial charge in [-0.3, -0.25) is 4.72 Å². The monoisotopic (exact) mass is 324 g/mol. The molecule has 4 nitrogen and oxygen atoms in total. The second-order valence-corrected chi connectivity index (χ2v) is 7.06. The van der Waals surface area contributed by atoms with E-state index in [1.54, 1.807) is 38.1 Å². The molecule has 0 fully saturated rings. The molecule has 112 valence electrons. The highest BCUT2D eigenvalue weighted by atomic mass is 35.5. The highest BCUT2D eigenvalue weighted by molar-refractivity contribution is 7.93. The number of sulfonamides is 1. The van der Waals surface area contributed by atoms with E-state index in [0.29, 0.717) is 16.3 Å². The van der Waals surface area contributed by atoms with Gasteiger partial charge in [0.1, 0.15) is 4.90 Å². The molecule has 3 N–H and O–H groups in total. The van der Waals surface area contributed by atoms with Gasteiger partial charge < -0.3 is 5.73 Å². The Labute approximate surface area is 130 Å². The Morgan fingerprint density at radius 1 is 1.05 bits per heavy atom. The van der Waals surface area contributed by atoms with Gasteiger partial charge in [0, 0.05) is 0 Å². The maximum atomic E-state index is 12.6. The van der Waals surface area contributed by atoms with Crippen molar-refractivity contribution in [3.05, 3.63) is 52.0 Å². The molecule has 0 saturated carbocycles. The Kier molecular flexibility index (Phi) is 4.16. The number of hydrogen-bond donors (Lipinski definition) is 2. The van der Waals surface area contributed by atoms with E-state index >= 15 is 0 Å². The predicted octanol–water partition coefficient (Wildman–Crippen LogP) is 3.65. The number of nitrogens with one attached hydrogen (secondary N) is 1. The SMILES string of the molecule is Cc1ccc(Cl)c(NS(=O)(=O)c2c(C)ccc(C)c2N)c1. The first kappa shape index (κ1) is 15.7. The number of anilines is 2. The zero-order valence-electron chi connectivity index (χ0n) is 12.1. The Morgan fingerprint density at radius 3 is 2.33 bits per heavy atom. The average Bonchev–Trinajstić information content (AvgIpc) is 2.38. The fraction of sp³-hybridized carbons (Fsp3) is 0.200. The number of nitrogen functional groups attached to an aromatic ring is 1. The van der Waals surface area contributed by atoms with Crippen LogP contribution in [0.25, 0.3) is 0 Å². The summed E-state index contributed by atoms with van der Waals surface area (Å²) in [7, 11) is -3.80. The molecular formula is C15H17ClN2O2S. The van der Waals surface area contributed by atoms with Crippen molar-refractivity contribution in [2.75, 3.05) is 10.5 Å². The third-order valence-electron chi connectivity index (χ3n) is 3.25. The first-order chi connectivity index (χ1) is 9.72. The molecule has 2 aromatic carbocycles. The predicted molar refractivity (Wildman–Crippen MR) is 87.3 cm³/mol. The summed E-state index contributed by atoms with van der Waals surface area (Å²) in [6, 6.07) is 8.68. The van der Waals surface area contributed by atoms with Gasteiger partial charge in [-0.15, -0.1) is 0 Å². The quantitative estimate of drug-likeness (QED) is 0.846. The van der Waals surface area contributed by atoms with Gasteiger partial charge in [-0.25, -0.2) is 8.42 Å². The lowest BCUT2D eigenvalue weighted by Crippen LogP contribution is -2.17. The van der Waals surface area contributed by atoms with Crippen molar-refractivity contribution in [2.24, 2.45) is 0 Å². The van der Waals surface area contributed by atoms with Crippen LogP contribution in [-0.4, -0.2) is 8.42 Å². The summed E-state index contributed by atoms with van der Waals surface area (Å²) >= 11 is 6.04. The average molecular weight is 325 g/mol. The lowest BCUT2D eigenvalue weighted by Gasteiger charge is -2.15. The van der Waals surface area contributed by atoms with Crippen LogP contribution in [0.5, 0.6) is 0 Å². The summed E-state index contributed by atoms with van der Waals surface area (Å²) in [5.74, 6) is 0. The molecule has 0 aliphatic rings. The summed E-state index contributed by atoms with van der Waals surface area (Å²) in [5.41, 5.74) is 8.76. The molecule has 0 unspecified atom stereocenters. The summed E-state index contributed by atoms with van der Waals surface area (Å²) in [6.45, 7) is 5.34. The van der Waals surface area contributed by atoms with E-state index in [0.717, 1.165) is 11.1 Å². The van der Waals surface area contributed by atoms with Gasteiger partial charge in [0.15, 0.2) is 0 Å². The number of aryl methyl sites for hydroxylation is 3. The topological polar surface area (TPSA) is 72.2 Å². The molecule has 0 bridgehead atoms. The van der Waals surface area contributed by atoms with Crippen molar-refractivity contribution in [3.8, 4) is 0 Å². The van der Waals surface area contributed by atoms with E-state index in [9.17, 15) is 8.42 Å². The second kappa shape index (κ2) is 5.58. The smallest absolute Gasteiger partial charge is 0.264 e. The van der Waals surface area contributed by atoms with Crippen LogP contribution in [-0.2, 0) is 10.0 Å². The first-order valence-corrected chi connectivity index (χ1v) is 8.23. The maximum absolute atomic E-state index is 12.6.